The number of morpholine rings is 1. The van der Waals surface area contributed by atoms with E-state index in [-0.39, 0.29) is 5.75 Å². The second kappa shape index (κ2) is 7.89. The highest BCUT2D eigenvalue weighted by molar-refractivity contribution is 7.89. The first-order valence-electron chi connectivity index (χ1n) is 8.72. The van der Waals surface area contributed by atoms with Crippen LogP contribution in [-0.2, 0) is 21.3 Å². The molecule has 1 saturated heterocycles. The summed E-state index contributed by atoms with van der Waals surface area (Å²) < 4.78 is 33.7. The van der Waals surface area contributed by atoms with E-state index >= 15 is 0 Å². The maximum absolute atomic E-state index is 12.5. The number of hydrogen-bond acceptors (Lipinski definition) is 6. The number of hydrogen-bond donors (Lipinski definition) is 0. The van der Waals surface area contributed by atoms with Gasteiger partial charge in [-0.3, -0.25) is 0 Å². The van der Waals surface area contributed by atoms with E-state index in [0.29, 0.717) is 32.8 Å². The van der Waals surface area contributed by atoms with Gasteiger partial charge in [-0.1, -0.05) is 30.3 Å². The Kier molecular flexibility index (Phi) is 5.35. The Bertz CT molecular complexity index is 993. The van der Waals surface area contributed by atoms with Crippen molar-refractivity contribution in [2.75, 3.05) is 32.1 Å². The van der Waals surface area contributed by atoms with Crippen molar-refractivity contribution in [1.29, 1.82) is 0 Å². The Morgan fingerprint density at radius 2 is 1.89 bits per heavy atom. The molecule has 0 atom stereocenters. The van der Waals surface area contributed by atoms with Crippen molar-refractivity contribution in [3.63, 3.8) is 0 Å². The quantitative estimate of drug-likeness (QED) is 0.630. The van der Waals surface area contributed by atoms with Crippen LogP contribution < -0.4 is 0 Å². The molecule has 0 spiro atoms. The molecule has 142 valence electrons. The number of benzene rings is 1. The van der Waals surface area contributed by atoms with Crippen LogP contribution in [-0.4, -0.2) is 59.3 Å². The lowest BCUT2D eigenvalue weighted by atomic mass is 10.2. The van der Waals surface area contributed by atoms with Crippen LogP contribution in [0.25, 0.3) is 21.3 Å². The smallest absolute Gasteiger partial charge is 0.216 e. The van der Waals surface area contributed by atoms with E-state index in [1.807, 2.05) is 41.1 Å². The molecule has 1 aliphatic rings. The molecule has 0 amide bonds. The molecule has 0 aliphatic carbocycles. The molecule has 0 bridgehead atoms. The number of thiazole rings is 1. The van der Waals surface area contributed by atoms with Crippen LogP contribution in [0.4, 0.5) is 0 Å². The van der Waals surface area contributed by atoms with E-state index in [1.54, 1.807) is 23.7 Å². The zero-order valence-electron chi connectivity index (χ0n) is 14.7. The van der Waals surface area contributed by atoms with Gasteiger partial charge in [0.15, 0.2) is 5.82 Å². The van der Waals surface area contributed by atoms with E-state index in [1.165, 1.54) is 4.31 Å². The first-order chi connectivity index (χ1) is 13.1. The number of aryl methyl sites for hydroxylation is 1. The minimum Gasteiger partial charge on any atom is -0.379 e. The van der Waals surface area contributed by atoms with E-state index in [9.17, 15) is 8.42 Å². The topological polar surface area (TPSA) is 77.3 Å². The van der Waals surface area contributed by atoms with Gasteiger partial charge >= 0.3 is 0 Å². The van der Waals surface area contributed by atoms with Crippen LogP contribution in [0, 0.1) is 0 Å². The minimum atomic E-state index is -3.30. The molecule has 9 heteroatoms. The third-order valence-corrected chi connectivity index (χ3v) is 7.31. The van der Waals surface area contributed by atoms with Crippen molar-refractivity contribution in [1.82, 2.24) is 18.8 Å². The van der Waals surface area contributed by atoms with Gasteiger partial charge in [0, 0.05) is 43.8 Å². The van der Waals surface area contributed by atoms with Gasteiger partial charge in [0.25, 0.3) is 0 Å². The highest BCUT2D eigenvalue weighted by Crippen LogP contribution is 2.31. The summed E-state index contributed by atoms with van der Waals surface area (Å²) in [6.07, 6.45) is 5.30. The molecule has 27 heavy (non-hydrogen) atoms. The summed E-state index contributed by atoms with van der Waals surface area (Å²) in [4.78, 5) is 9.82. The van der Waals surface area contributed by atoms with Gasteiger partial charge in [-0.05, 0) is 0 Å². The predicted molar refractivity (Wildman–Crippen MR) is 105 cm³/mol. The van der Waals surface area contributed by atoms with Gasteiger partial charge in [0.1, 0.15) is 5.01 Å². The van der Waals surface area contributed by atoms with Crippen molar-refractivity contribution in [2.45, 2.75) is 6.54 Å². The second-order valence-corrected chi connectivity index (χ2v) is 9.29. The number of imidazole rings is 1. The molecule has 2 aromatic heterocycles. The number of rotatable bonds is 6. The molecule has 3 heterocycles. The van der Waals surface area contributed by atoms with Gasteiger partial charge in [0.2, 0.25) is 10.0 Å². The Morgan fingerprint density at radius 3 is 2.67 bits per heavy atom. The number of sulfonamides is 1. The largest absolute Gasteiger partial charge is 0.379 e. The molecule has 0 radical (unpaired) electrons. The summed E-state index contributed by atoms with van der Waals surface area (Å²) >= 11 is 1.55. The highest BCUT2D eigenvalue weighted by Gasteiger charge is 2.24. The van der Waals surface area contributed by atoms with Crippen molar-refractivity contribution >= 4 is 21.4 Å². The molecule has 0 N–H and O–H groups in total. The zero-order chi connectivity index (χ0) is 18.7. The summed E-state index contributed by atoms with van der Waals surface area (Å²) in [5.41, 5.74) is 1.06. The summed E-state index contributed by atoms with van der Waals surface area (Å²) in [6, 6.07) is 9.97. The molecule has 7 nitrogen and oxygen atoms in total. The molecule has 3 aromatic rings. The lowest BCUT2D eigenvalue weighted by Crippen LogP contribution is -2.42. The van der Waals surface area contributed by atoms with Crippen LogP contribution in [0.3, 0.4) is 0 Å². The molecule has 1 fully saturated rings. The van der Waals surface area contributed by atoms with Crippen LogP contribution in [0.1, 0.15) is 0 Å². The fourth-order valence-corrected chi connectivity index (χ4v) is 5.30. The van der Waals surface area contributed by atoms with Crippen LogP contribution >= 0.6 is 11.3 Å². The van der Waals surface area contributed by atoms with Crippen LogP contribution in [0.15, 0.2) is 48.9 Å². The first kappa shape index (κ1) is 18.3. The Hall–Kier alpha value is -2.07. The van der Waals surface area contributed by atoms with Gasteiger partial charge in [-0.15, -0.1) is 11.3 Å². The molecule has 4 rings (SSSR count). The fourth-order valence-electron chi connectivity index (χ4n) is 2.97. The Labute approximate surface area is 162 Å². The third-order valence-electron chi connectivity index (χ3n) is 4.42. The van der Waals surface area contributed by atoms with E-state index in [4.69, 9.17) is 4.74 Å². The molecule has 0 unspecified atom stereocenters. The van der Waals surface area contributed by atoms with Crippen molar-refractivity contribution in [2.24, 2.45) is 0 Å². The summed E-state index contributed by atoms with van der Waals surface area (Å²) in [5, 5.41) is 0.918. The van der Waals surface area contributed by atoms with Crippen molar-refractivity contribution in [3.8, 4) is 21.3 Å². The predicted octanol–water partition coefficient (Wildman–Crippen LogP) is 2.34. The lowest BCUT2D eigenvalue weighted by molar-refractivity contribution is 0.0730. The third kappa shape index (κ3) is 4.11. The van der Waals surface area contributed by atoms with E-state index in [2.05, 4.69) is 9.97 Å². The van der Waals surface area contributed by atoms with Crippen LogP contribution in [0.2, 0.25) is 0 Å². The van der Waals surface area contributed by atoms with Gasteiger partial charge in [-0.2, -0.15) is 4.31 Å². The molecule has 1 aromatic carbocycles. The van der Waals surface area contributed by atoms with Crippen molar-refractivity contribution < 1.29 is 13.2 Å². The van der Waals surface area contributed by atoms with Gasteiger partial charge in [0.05, 0.1) is 23.8 Å². The Balaban J connectivity index is 1.49. The normalized spacial score (nSPS) is 15.9. The standard InChI is InChI=1S/C18H20N4O3S2/c23-27(24,22-8-11-25-12-9-22)13-10-21-7-6-19-17(21)16-14-20-18(26-16)15-4-2-1-3-5-15/h1-7,14H,8-13H2. The molecular formula is C18H20N4O3S2. The first-order valence-corrected chi connectivity index (χ1v) is 11.1. The summed E-state index contributed by atoms with van der Waals surface area (Å²) in [5.74, 6) is 0.785. The van der Waals surface area contributed by atoms with Crippen molar-refractivity contribution in [3.05, 3.63) is 48.9 Å². The fraction of sp³-hybridized carbons (Fsp3) is 0.333. The highest BCUT2D eigenvalue weighted by atomic mass is 32.2. The second-order valence-electron chi connectivity index (χ2n) is 6.17. The Morgan fingerprint density at radius 1 is 1.11 bits per heavy atom. The summed E-state index contributed by atoms with van der Waals surface area (Å²) in [6.45, 7) is 2.12. The van der Waals surface area contributed by atoms with E-state index < -0.39 is 10.0 Å². The average molecular weight is 405 g/mol. The average Bonchev–Trinajstić information content (AvgIpc) is 3.37. The minimum absolute atomic E-state index is 0.0424. The molecule has 0 saturated carbocycles. The van der Waals surface area contributed by atoms with Gasteiger partial charge in [-0.25, -0.2) is 18.4 Å². The number of nitrogens with zero attached hydrogens (tertiary/aromatic N) is 4. The SMILES string of the molecule is O=S(=O)(CCn1ccnc1-c1cnc(-c2ccccc2)s1)N1CCOCC1. The summed E-state index contributed by atoms with van der Waals surface area (Å²) in [7, 11) is -3.30. The van der Waals surface area contributed by atoms with Crippen LogP contribution in [0.5, 0.6) is 0 Å². The maximum Gasteiger partial charge on any atom is 0.216 e. The molecular weight excluding hydrogens is 384 g/mol. The monoisotopic (exact) mass is 404 g/mol. The van der Waals surface area contributed by atoms with E-state index in [0.717, 1.165) is 21.3 Å². The van der Waals surface area contributed by atoms with Gasteiger partial charge < -0.3 is 9.30 Å². The lowest BCUT2D eigenvalue weighted by Gasteiger charge is -2.26. The number of aromatic nitrogens is 3. The maximum atomic E-state index is 12.5. The zero-order valence-corrected chi connectivity index (χ0v) is 16.3. The molecule has 1 aliphatic heterocycles. The number of ether oxygens (including phenoxy) is 1.